The summed E-state index contributed by atoms with van der Waals surface area (Å²) >= 11 is 0. The summed E-state index contributed by atoms with van der Waals surface area (Å²) < 4.78 is 4.28. The van der Waals surface area contributed by atoms with E-state index >= 15 is 0 Å². The molecule has 1 atom stereocenters. The van der Waals surface area contributed by atoms with Crippen LogP contribution in [0.25, 0.3) is 0 Å². The number of aliphatic hydroxyl groups is 1. The average Bonchev–Trinajstić information content (AvgIpc) is 1.83. The number of esters is 1. The summed E-state index contributed by atoms with van der Waals surface area (Å²) in [6.45, 7) is 0.968. The minimum atomic E-state index is -1.20. The molecule has 0 aromatic heterocycles. The van der Waals surface area contributed by atoms with Gasteiger partial charge in [0, 0.05) is 6.92 Å². The summed E-state index contributed by atoms with van der Waals surface area (Å²) in [7, 11) is 0. The van der Waals surface area contributed by atoms with E-state index in [1.54, 1.807) is 0 Å². The molecule has 0 rings (SSSR count). The van der Waals surface area contributed by atoms with Crippen LogP contribution in [0.5, 0.6) is 0 Å². The van der Waals surface area contributed by atoms with Crippen LogP contribution in [0.1, 0.15) is 6.92 Å². The highest BCUT2D eigenvalue weighted by molar-refractivity contribution is 5.65. The monoisotopic (exact) mass is 129 g/mol. The average molecular weight is 129 g/mol. The van der Waals surface area contributed by atoms with E-state index in [4.69, 9.17) is 10.4 Å². The van der Waals surface area contributed by atoms with Crippen LogP contribution in [0.4, 0.5) is 0 Å². The zero-order valence-electron chi connectivity index (χ0n) is 5.00. The molecule has 0 saturated carbocycles. The molecule has 9 heavy (non-hydrogen) atoms. The Bertz CT molecular complexity index is 138. The highest BCUT2D eigenvalue weighted by Crippen LogP contribution is 1.82. The second kappa shape index (κ2) is 3.87. The zero-order valence-corrected chi connectivity index (χ0v) is 5.00. The van der Waals surface area contributed by atoms with Crippen LogP contribution in [0.3, 0.4) is 0 Å². The molecule has 0 saturated heterocycles. The molecule has 4 nitrogen and oxygen atoms in total. The molecule has 4 heteroatoms. The Hall–Kier alpha value is -1.08. The Morgan fingerprint density at radius 3 is 2.89 bits per heavy atom. The van der Waals surface area contributed by atoms with Gasteiger partial charge in [-0.15, -0.1) is 0 Å². The third-order valence-electron chi connectivity index (χ3n) is 0.593. The van der Waals surface area contributed by atoms with Crippen molar-refractivity contribution in [3.63, 3.8) is 0 Å². The van der Waals surface area contributed by atoms with Crippen molar-refractivity contribution in [2.75, 3.05) is 6.61 Å². The second-order valence-electron chi connectivity index (χ2n) is 1.45. The van der Waals surface area contributed by atoms with Crippen LogP contribution in [0.2, 0.25) is 0 Å². The van der Waals surface area contributed by atoms with Gasteiger partial charge < -0.3 is 9.84 Å². The molecule has 0 aromatic carbocycles. The van der Waals surface area contributed by atoms with Crippen molar-refractivity contribution in [3.8, 4) is 6.07 Å². The topological polar surface area (TPSA) is 70.3 Å². The maximum atomic E-state index is 10.0. The summed E-state index contributed by atoms with van der Waals surface area (Å²) in [5.74, 6) is -0.496. The molecule has 0 radical (unpaired) electrons. The van der Waals surface area contributed by atoms with Crippen molar-refractivity contribution in [1.29, 1.82) is 5.26 Å². The predicted octanol–water partition coefficient (Wildman–Crippen LogP) is -0.566. The number of nitriles is 1. The number of carbonyl (C=O) groups is 1. The SMILES string of the molecule is CC(=O)OCC(O)C#N. The summed E-state index contributed by atoms with van der Waals surface area (Å²) in [6, 6.07) is 1.50. The van der Waals surface area contributed by atoms with Crippen molar-refractivity contribution in [2.24, 2.45) is 0 Å². The Morgan fingerprint density at radius 2 is 2.56 bits per heavy atom. The first-order valence-electron chi connectivity index (χ1n) is 2.38. The molecule has 0 aromatic rings. The number of ether oxygens (including phenoxy) is 1. The molecule has 0 aliphatic heterocycles. The molecule has 0 aliphatic rings. The lowest BCUT2D eigenvalue weighted by molar-refractivity contribution is -0.142. The normalized spacial score (nSPS) is 11.7. The van der Waals surface area contributed by atoms with Gasteiger partial charge in [-0.1, -0.05) is 0 Å². The molecular weight excluding hydrogens is 122 g/mol. The zero-order chi connectivity index (χ0) is 7.28. The van der Waals surface area contributed by atoms with Gasteiger partial charge in [-0.25, -0.2) is 0 Å². The minimum Gasteiger partial charge on any atom is -0.462 e. The standard InChI is InChI=1S/C5H7NO3/c1-4(7)9-3-5(8)2-6/h5,8H,3H2,1H3. The molecule has 50 valence electrons. The molecule has 0 bridgehead atoms. The Morgan fingerprint density at radius 1 is 2.00 bits per heavy atom. The number of carbonyl (C=O) groups excluding carboxylic acids is 1. The number of hydrogen-bond acceptors (Lipinski definition) is 4. The Kier molecular flexibility index (Phi) is 3.40. The maximum absolute atomic E-state index is 10.0. The van der Waals surface area contributed by atoms with E-state index in [2.05, 4.69) is 4.74 Å². The predicted molar refractivity (Wildman–Crippen MR) is 28.3 cm³/mol. The molecule has 0 fully saturated rings. The van der Waals surface area contributed by atoms with Crippen LogP contribution in [-0.4, -0.2) is 23.8 Å². The number of rotatable bonds is 2. The van der Waals surface area contributed by atoms with Gasteiger partial charge in [0.05, 0.1) is 6.07 Å². The van der Waals surface area contributed by atoms with Crippen LogP contribution in [-0.2, 0) is 9.53 Å². The van der Waals surface area contributed by atoms with E-state index in [0.717, 1.165) is 0 Å². The van der Waals surface area contributed by atoms with Gasteiger partial charge >= 0.3 is 5.97 Å². The van der Waals surface area contributed by atoms with Gasteiger partial charge in [-0.05, 0) is 0 Å². The lowest BCUT2D eigenvalue weighted by Gasteiger charge is -1.99. The van der Waals surface area contributed by atoms with Crippen molar-refractivity contribution < 1.29 is 14.6 Å². The van der Waals surface area contributed by atoms with Crippen molar-refractivity contribution in [1.82, 2.24) is 0 Å². The van der Waals surface area contributed by atoms with Crippen molar-refractivity contribution in [3.05, 3.63) is 0 Å². The van der Waals surface area contributed by atoms with Gasteiger partial charge in [0.1, 0.15) is 6.61 Å². The fraction of sp³-hybridized carbons (Fsp3) is 0.600. The molecule has 0 aliphatic carbocycles. The van der Waals surface area contributed by atoms with Crippen LogP contribution >= 0.6 is 0 Å². The Labute approximate surface area is 52.7 Å². The maximum Gasteiger partial charge on any atom is 0.302 e. The van der Waals surface area contributed by atoms with Gasteiger partial charge in [-0.3, -0.25) is 4.79 Å². The summed E-state index contributed by atoms with van der Waals surface area (Å²) in [5.41, 5.74) is 0. The van der Waals surface area contributed by atoms with Gasteiger partial charge in [0.2, 0.25) is 0 Å². The van der Waals surface area contributed by atoms with E-state index in [-0.39, 0.29) is 6.61 Å². The van der Waals surface area contributed by atoms with E-state index in [9.17, 15) is 4.79 Å². The van der Waals surface area contributed by atoms with Gasteiger partial charge in [0.15, 0.2) is 6.10 Å². The van der Waals surface area contributed by atoms with Crippen LogP contribution in [0.15, 0.2) is 0 Å². The highest BCUT2D eigenvalue weighted by atomic mass is 16.5. The molecule has 0 spiro atoms. The Balaban J connectivity index is 3.30. The van der Waals surface area contributed by atoms with Crippen molar-refractivity contribution in [2.45, 2.75) is 13.0 Å². The van der Waals surface area contributed by atoms with Crippen LogP contribution < -0.4 is 0 Å². The lowest BCUT2D eigenvalue weighted by Crippen LogP contribution is -2.14. The molecule has 0 amide bonds. The fourth-order valence-corrected chi connectivity index (χ4v) is 0.234. The minimum absolute atomic E-state index is 0.244. The van der Waals surface area contributed by atoms with E-state index < -0.39 is 12.1 Å². The summed E-state index contributed by atoms with van der Waals surface area (Å²) in [5, 5.41) is 16.4. The van der Waals surface area contributed by atoms with E-state index in [1.807, 2.05) is 0 Å². The molecular formula is C5H7NO3. The number of aliphatic hydroxyl groups excluding tert-OH is 1. The van der Waals surface area contributed by atoms with E-state index in [1.165, 1.54) is 13.0 Å². The lowest BCUT2D eigenvalue weighted by atomic mass is 10.4. The van der Waals surface area contributed by atoms with Crippen molar-refractivity contribution >= 4 is 5.97 Å². The third kappa shape index (κ3) is 4.78. The number of hydrogen-bond donors (Lipinski definition) is 1. The first-order valence-corrected chi connectivity index (χ1v) is 2.38. The molecule has 0 heterocycles. The van der Waals surface area contributed by atoms with E-state index in [0.29, 0.717) is 0 Å². The number of nitrogens with zero attached hydrogens (tertiary/aromatic N) is 1. The summed E-state index contributed by atoms with van der Waals surface area (Å²) in [6.07, 6.45) is -1.20. The summed E-state index contributed by atoms with van der Waals surface area (Å²) in [4.78, 5) is 10.0. The quantitative estimate of drug-likeness (QED) is 0.400. The molecule has 1 unspecified atom stereocenters. The molecule has 1 N–H and O–H groups in total. The van der Waals surface area contributed by atoms with Gasteiger partial charge in [0.25, 0.3) is 0 Å². The smallest absolute Gasteiger partial charge is 0.302 e. The first-order chi connectivity index (χ1) is 4.16. The van der Waals surface area contributed by atoms with Crippen LogP contribution in [0, 0.1) is 11.3 Å². The largest absolute Gasteiger partial charge is 0.462 e. The third-order valence-corrected chi connectivity index (χ3v) is 0.593. The highest BCUT2D eigenvalue weighted by Gasteiger charge is 2.01. The van der Waals surface area contributed by atoms with Gasteiger partial charge in [-0.2, -0.15) is 5.26 Å². The first kappa shape index (κ1) is 7.92. The second-order valence-corrected chi connectivity index (χ2v) is 1.45. The fourth-order valence-electron chi connectivity index (χ4n) is 0.234.